The van der Waals surface area contributed by atoms with Crippen LogP contribution in [0.2, 0.25) is 0 Å². The summed E-state index contributed by atoms with van der Waals surface area (Å²) in [5.74, 6) is 0.763. The van der Waals surface area contributed by atoms with Gasteiger partial charge in [0.1, 0.15) is 12.7 Å². The smallest absolute Gasteiger partial charge is 0.217 e. The van der Waals surface area contributed by atoms with Crippen LogP contribution in [0.3, 0.4) is 0 Å². The van der Waals surface area contributed by atoms with E-state index >= 15 is 0 Å². The quantitative estimate of drug-likeness (QED) is 0.712. The number of epoxide rings is 1. The fourth-order valence-corrected chi connectivity index (χ4v) is 1.96. The average molecular weight is 217 g/mol. The average Bonchev–Trinajstić information content (AvgIpc) is 2.99. The molecule has 0 aliphatic carbocycles. The Balaban J connectivity index is 1.74. The van der Waals surface area contributed by atoms with Crippen molar-refractivity contribution in [3.63, 3.8) is 0 Å². The summed E-state index contributed by atoms with van der Waals surface area (Å²) in [6.07, 6.45) is 0.165. The maximum absolute atomic E-state index is 5.62. The van der Waals surface area contributed by atoms with Gasteiger partial charge >= 0.3 is 0 Å². The molecule has 0 spiro atoms. The number of hydrogen-bond donors (Lipinski definition) is 0. The lowest BCUT2D eigenvalue weighted by molar-refractivity contribution is 0.266. The molecular weight excluding hydrogens is 202 g/mol. The van der Waals surface area contributed by atoms with Gasteiger partial charge in [-0.15, -0.1) is 0 Å². The normalized spacial score (nSPS) is 30.8. The summed E-state index contributed by atoms with van der Waals surface area (Å²) in [6, 6.07) is 10.2. The van der Waals surface area contributed by atoms with E-state index in [1.807, 2.05) is 18.2 Å². The van der Waals surface area contributed by atoms with Crippen molar-refractivity contribution < 1.29 is 9.47 Å². The van der Waals surface area contributed by atoms with Crippen LogP contribution in [-0.2, 0) is 9.47 Å². The predicted molar refractivity (Wildman–Crippen MR) is 61.5 cm³/mol. The second kappa shape index (κ2) is 3.32. The van der Waals surface area contributed by atoms with Gasteiger partial charge in [-0.2, -0.15) is 0 Å². The SMILES string of the molecule is CC1(C)COC(C2OC2c2ccccc2)=N1. The van der Waals surface area contributed by atoms with Gasteiger partial charge in [-0.05, 0) is 19.4 Å². The van der Waals surface area contributed by atoms with Crippen molar-refractivity contribution >= 4 is 5.90 Å². The van der Waals surface area contributed by atoms with E-state index in [0.29, 0.717) is 6.61 Å². The first-order chi connectivity index (χ1) is 7.66. The van der Waals surface area contributed by atoms with Crippen LogP contribution in [0.25, 0.3) is 0 Å². The third kappa shape index (κ3) is 1.71. The fraction of sp³-hybridized carbons (Fsp3) is 0.462. The molecule has 0 aromatic heterocycles. The lowest BCUT2D eigenvalue weighted by atomic mass is 10.1. The molecule has 0 N–H and O–H groups in total. The van der Waals surface area contributed by atoms with Gasteiger partial charge in [0.15, 0.2) is 6.10 Å². The molecule has 16 heavy (non-hydrogen) atoms. The van der Waals surface area contributed by atoms with Crippen molar-refractivity contribution in [2.45, 2.75) is 31.6 Å². The molecule has 2 aliphatic rings. The highest BCUT2D eigenvalue weighted by molar-refractivity contribution is 5.85. The van der Waals surface area contributed by atoms with E-state index in [1.54, 1.807) is 0 Å². The summed E-state index contributed by atoms with van der Waals surface area (Å²) in [4.78, 5) is 4.53. The highest BCUT2D eigenvalue weighted by Crippen LogP contribution is 2.41. The second-order valence-corrected chi connectivity index (χ2v) is 4.94. The van der Waals surface area contributed by atoms with Gasteiger partial charge in [0.2, 0.25) is 5.90 Å². The Morgan fingerprint density at radius 1 is 1.19 bits per heavy atom. The van der Waals surface area contributed by atoms with Gasteiger partial charge in [-0.25, -0.2) is 4.99 Å². The van der Waals surface area contributed by atoms with E-state index < -0.39 is 0 Å². The zero-order valence-electron chi connectivity index (χ0n) is 9.51. The molecule has 1 saturated heterocycles. The summed E-state index contributed by atoms with van der Waals surface area (Å²) < 4.78 is 11.2. The zero-order valence-corrected chi connectivity index (χ0v) is 9.51. The lowest BCUT2D eigenvalue weighted by Gasteiger charge is -2.07. The van der Waals surface area contributed by atoms with E-state index in [1.165, 1.54) is 5.56 Å². The monoisotopic (exact) mass is 217 g/mol. The van der Waals surface area contributed by atoms with Crippen LogP contribution < -0.4 is 0 Å². The molecule has 1 fully saturated rings. The minimum Gasteiger partial charge on any atom is -0.476 e. The van der Waals surface area contributed by atoms with Gasteiger partial charge in [0.25, 0.3) is 0 Å². The zero-order chi connectivity index (χ0) is 11.2. The van der Waals surface area contributed by atoms with Crippen LogP contribution in [0.1, 0.15) is 25.5 Å². The summed E-state index contributed by atoms with van der Waals surface area (Å²) >= 11 is 0. The van der Waals surface area contributed by atoms with Crippen molar-refractivity contribution in [1.82, 2.24) is 0 Å². The van der Waals surface area contributed by atoms with Gasteiger partial charge in [0, 0.05) is 0 Å². The number of hydrogen-bond acceptors (Lipinski definition) is 3. The van der Waals surface area contributed by atoms with Crippen molar-refractivity contribution in [1.29, 1.82) is 0 Å². The summed E-state index contributed by atoms with van der Waals surface area (Å²) in [5.41, 5.74) is 1.10. The number of aliphatic imine (C=N–C) groups is 1. The van der Waals surface area contributed by atoms with Crippen LogP contribution in [0, 0.1) is 0 Å². The van der Waals surface area contributed by atoms with Crippen LogP contribution in [-0.4, -0.2) is 24.1 Å². The molecule has 2 unspecified atom stereocenters. The Bertz CT molecular complexity index is 425. The molecule has 0 radical (unpaired) electrons. The maximum atomic E-state index is 5.62. The van der Waals surface area contributed by atoms with E-state index in [-0.39, 0.29) is 17.7 Å². The Morgan fingerprint density at radius 3 is 2.56 bits per heavy atom. The van der Waals surface area contributed by atoms with Gasteiger partial charge < -0.3 is 9.47 Å². The molecule has 3 rings (SSSR count). The minimum atomic E-state index is -0.0947. The number of nitrogens with zero attached hydrogens (tertiary/aromatic N) is 1. The lowest BCUT2D eigenvalue weighted by Crippen LogP contribution is -2.17. The van der Waals surface area contributed by atoms with Crippen LogP contribution >= 0.6 is 0 Å². The molecule has 2 atom stereocenters. The van der Waals surface area contributed by atoms with Crippen LogP contribution in [0.5, 0.6) is 0 Å². The highest BCUT2D eigenvalue weighted by Gasteiger charge is 2.48. The topological polar surface area (TPSA) is 34.1 Å². The summed E-state index contributed by atoms with van der Waals surface area (Å²) in [7, 11) is 0. The first-order valence-corrected chi connectivity index (χ1v) is 5.59. The van der Waals surface area contributed by atoms with E-state index in [0.717, 1.165) is 5.90 Å². The highest BCUT2D eigenvalue weighted by atomic mass is 16.6. The third-order valence-corrected chi connectivity index (χ3v) is 2.85. The maximum Gasteiger partial charge on any atom is 0.217 e. The summed E-state index contributed by atoms with van der Waals surface area (Å²) in [5, 5.41) is 0. The molecule has 84 valence electrons. The molecule has 2 aliphatic heterocycles. The Labute approximate surface area is 95.1 Å². The first kappa shape index (κ1) is 9.85. The standard InChI is InChI=1S/C13H15NO2/c1-13(2)8-15-12(14-13)11-10(16-11)9-6-4-3-5-7-9/h3-7,10-11H,8H2,1-2H3. The van der Waals surface area contributed by atoms with Gasteiger partial charge in [0.05, 0.1) is 5.54 Å². The van der Waals surface area contributed by atoms with Crippen LogP contribution in [0.4, 0.5) is 0 Å². The number of rotatable bonds is 2. The molecule has 1 aromatic rings. The molecule has 0 bridgehead atoms. The van der Waals surface area contributed by atoms with E-state index in [9.17, 15) is 0 Å². The predicted octanol–water partition coefficient (Wildman–Crippen LogP) is 2.33. The Hall–Kier alpha value is -1.35. The van der Waals surface area contributed by atoms with Crippen molar-refractivity contribution in [2.24, 2.45) is 4.99 Å². The van der Waals surface area contributed by atoms with Crippen LogP contribution in [0.15, 0.2) is 35.3 Å². The fourth-order valence-electron chi connectivity index (χ4n) is 1.96. The second-order valence-electron chi connectivity index (χ2n) is 4.94. The first-order valence-electron chi connectivity index (χ1n) is 5.59. The molecule has 3 heteroatoms. The van der Waals surface area contributed by atoms with E-state index in [4.69, 9.17) is 9.47 Å². The van der Waals surface area contributed by atoms with Gasteiger partial charge in [-0.3, -0.25) is 0 Å². The van der Waals surface area contributed by atoms with E-state index in [2.05, 4.69) is 31.0 Å². The molecule has 0 saturated carbocycles. The molecule has 1 aromatic carbocycles. The minimum absolute atomic E-state index is 0.0316. The molecule has 3 nitrogen and oxygen atoms in total. The Morgan fingerprint density at radius 2 is 1.94 bits per heavy atom. The van der Waals surface area contributed by atoms with Crippen molar-refractivity contribution in [3.8, 4) is 0 Å². The van der Waals surface area contributed by atoms with Gasteiger partial charge in [-0.1, -0.05) is 30.3 Å². The molecule has 0 amide bonds. The van der Waals surface area contributed by atoms with Crippen molar-refractivity contribution in [2.75, 3.05) is 6.61 Å². The Kier molecular flexibility index (Phi) is 2.04. The molecule has 2 heterocycles. The summed E-state index contributed by atoms with van der Waals surface area (Å²) in [6.45, 7) is 4.80. The third-order valence-electron chi connectivity index (χ3n) is 2.85. The number of ether oxygens (including phenoxy) is 2. The van der Waals surface area contributed by atoms with Crippen molar-refractivity contribution in [3.05, 3.63) is 35.9 Å². The largest absolute Gasteiger partial charge is 0.476 e. The number of benzene rings is 1. The molecular formula is C13H15NO2.